The zero-order valence-corrected chi connectivity index (χ0v) is 12.0. The van der Waals surface area contributed by atoms with Crippen LogP contribution in [0, 0.1) is 0 Å². The number of amides is 2. The number of carbonyl (C=O) groups excluding carboxylic acids is 1. The molecule has 0 saturated carbocycles. The predicted molar refractivity (Wildman–Crippen MR) is 71.9 cm³/mol. The zero-order valence-electron chi connectivity index (χ0n) is 12.0. The maximum atomic E-state index is 12.3. The number of likely N-dealkylation sites (tertiary alicyclic amines) is 1. The highest BCUT2D eigenvalue weighted by Crippen LogP contribution is 2.22. The number of aliphatic carboxylic acids is 1. The highest BCUT2D eigenvalue weighted by atomic mass is 16.4. The summed E-state index contributed by atoms with van der Waals surface area (Å²) in [7, 11) is 0. The van der Waals surface area contributed by atoms with E-state index in [1.807, 2.05) is 18.9 Å². The molecule has 2 aliphatic heterocycles. The first-order valence-corrected chi connectivity index (χ1v) is 7.16. The van der Waals surface area contributed by atoms with E-state index < -0.39 is 24.1 Å². The molecule has 0 spiro atoms. The molecular formula is C13H23N3O4. The number of aliphatic hydroxyl groups is 1. The third kappa shape index (κ3) is 3.04. The van der Waals surface area contributed by atoms with Crippen LogP contribution in [0.2, 0.25) is 0 Å². The van der Waals surface area contributed by atoms with Gasteiger partial charge in [-0.15, -0.1) is 0 Å². The Kier molecular flexibility index (Phi) is 4.49. The number of β-amino-alcohol motifs (C(OH)–C–C–N with tert-alkyl or cyclic N) is 1. The molecule has 0 radical (unpaired) electrons. The molecule has 0 aromatic carbocycles. The number of hydrogen-bond donors (Lipinski definition) is 3. The van der Waals surface area contributed by atoms with E-state index in [2.05, 4.69) is 5.43 Å². The van der Waals surface area contributed by atoms with Crippen molar-refractivity contribution >= 4 is 12.0 Å². The van der Waals surface area contributed by atoms with Crippen molar-refractivity contribution in [2.24, 2.45) is 0 Å². The maximum absolute atomic E-state index is 12.3. The lowest BCUT2D eigenvalue weighted by molar-refractivity contribution is -0.141. The van der Waals surface area contributed by atoms with Crippen LogP contribution in [0.5, 0.6) is 0 Å². The molecule has 114 valence electrons. The van der Waals surface area contributed by atoms with Gasteiger partial charge >= 0.3 is 12.0 Å². The Labute approximate surface area is 118 Å². The van der Waals surface area contributed by atoms with Gasteiger partial charge in [0.05, 0.1) is 6.10 Å². The van der Waals surface area contributed by atoms with Gasteiger partial charge in [-0.2, -0.15) is 0 Å². The van der Waals surface area contributed by atoms with E-state index in [0.717, 1.165) is 19.3 Å². The summed E-state index contributed by atoms with van der Waals surface area (Å²) in [6.07, 6.45) is 2.48. The molecule has 2 saturated heterocycles. The summed E-state index contributed by atoms with van der Waals surface area (Å²) in [4.78, 5) is 24.6. The van der Waals surface area contributed by atoms with Gasteiger partial charge in [0.2, 0.25) is 0 Å². The number of aliphatic hydroxyl groups excluding tert-OH is 1. The van der Waals surface area contributed by atoms with E-state index in [0.29, 0.717) is 0 Å². The number of hydrazine groups is 1. The molecule has 7 nitrogen and oxygen atoms in total. The van der Waals surface area contributed by atoms with Gasteiger partial charge in [0.15, 0.2) is 0 Å². The first kappa shape index (κ1) is 15.1. The second kappa shape index (κ2) is 5.97. The third-order valence-electron chi connectivity index (χ3n) is 4.24. The minimum Gasteiger partial charge on any atom is -0.480 e. The molecule has 2 heterocycles. The molecule has 2 aliphatic rings. The van der Waals surface area contributed by atoms with Crippen LogP contribution in [0.25, 0.3) is 0 Å². The predicted octanol–water partition coefficient (Wildman–Crippen LogP) is 0.394. The Balaban J connectivity index is 2.01. The van der Waals surface area contributed by atoms with Crippen LogP contribution < -0.4 is 5.43 Å². The number of carbonyl (C=O) groups is 2. The van der Waals surface area contributed by atoms with Gasteiger partial charge in [-0.25, -0.2) is 14.6 Å². The van der Waals surface area contributed by atoms with E-state index >= 15 is 0 Å². The number of nitrogens with zero attached hydrogens (tertiary/aromatic N) is 2. The quantitative estimate of drug-likeness (QED) is 0.682. The third-order valence-corrected chi connectivity index (χ3v) is 4.24. The monoisotopic (exact) mass is 285 g/mol. The molecule has 4 atom stereocenters. The van der Waals surface area contributed by atoms with E-state index in [1.165, 1.54) is 4.90 Å². The van der Waals surface area contributed by atoms with E-state index in [9.17, 15) is 14.7 Å². The molecule has 2 amide bonds. The van der Waals surface area contributed by atoms with Crippen LogP contribution in [-0.4, -0.2) is 62.9 Å². The van der Waals surface area contributed by atoms with Crippen LogP contribution in [0.15, 0.2) is 0 Å². The Morgan fingerprint density at radius 1 is 1.20 bits per heavy atom. The lowest BCUT2D eigenvalue weighted by atomic mass is 10.00. The highest BCUT2D eigenvalue weighted by molar-refractivity contribution is 5.83. The molecule has 7 heteroatoms. The second-order valence-electron chi connectivity index (χ2n) is 5.85. The normalized spacial score (nSPS) is 35.0. The molecule has 3 N–H and O–H groups in total. The number of nitrogens with one attached hydrogen (secondary N) is 1. The molecule has 0 aliphatic carbocycles. The van der Waals surface area contributed by atoms with Crippen molar-refractivity contribution in [3.8, 4) is 0 Å². The minimum absolute atomic E-state index is 0.0689. The fraction of sp³-hybridized carbons (Fsp3) is 0.846. The van der Waals surface area contributed by atoms with Gasteiger partial charge in [-0.1, -0.05) is 6.42 Å². The summed E-state index contributed by atoms with van der Waals surface area (Å²) in [5.41, 5.74) is 2.81. The summed E-state index contributed by atoms with van der Waals surface area (Å²) in [6.45, 7) is 4.16. The molecule has 2 unspecified atom stereocenters. The van der Waals surface area contributed by atoms with Crippen molar-refractivity contribution in [2.75, 3.05) is 6.54 Å². The number of carboxylic acid groups (broad SMARTS) is 1. The van der Waals surface area contributed by atoms with Gasteiger partial charge in [-0.3, -0.25) is 5.43 Å². The van der Waals surface area contributed by atoms with E-state index in [1.54, 1.807) is 0 Å². The molecule has 0 bridgehead atoms. The number of urea groups is 1. The van der Waals surface area contributed by atoms with Crippen LogP contribution in [-0.2, 0) is 4.79 Å². The van der Waals surface area contributed by atoms with Crippen LogP contribution in [0.3, 0.4) is 0 Å². The van der Waals surface area contributed by atoms with Crippen molar-refractivity contribution < 1.29 is 19.8 Å². The smallest absolute Gasteiger partial charge is 0.332 e. The summed E-state index contributed by atoms with van der Waals surface area (Å²) in [5, 5.41) is 20.6. The first-order chi connectivity index (χ1) is 9.40. The summed E-state index contributed by atoms with van der Waals surface area (Å²) < 4.78 is 0. The minimum atomic E-state index is -1.07. The molecule has 20 heavy (non-hydrogen) atoms. The van der Waals surface area contributed by atoms with Gasteiger partial charge in [0, 0.05) is 25.0 Å². The van der Waals surface area contributed by atoms with Crippen molar-refractivity contribution in [3.63, 3.8) is 0 Å². The van der Waals surface area contributed by atoms with E-state index in [-0.39, 0.29) is 25.0 Å². The fourth-order valence-electron chi connectivity index (χ4n) is 3.09. The zero-order chi connectivity index (χ0) is 14.9. The van der Waals surface area contributed by atoms with Gasteiger partial charge in [0.25, 0.3) is 0 Å². The molecule has 2 rings (SSSR count). The summed E-state index contributed by atoms with van der Waals surface area (Å²) in [6, 6.07) is -0.910. The Morgan fingerprint density at radius 3 is 2.35 bits per heavy atom. The SMILES string of the molecule is CC1CCCC(C)N1NC(=O)N1C[C@H](O)C[C@H]1C(=O)O. The fourth-order valence-corrected chi connectivity index (χ4v) is 3.09. The average molecular weight is 285 g/mol. The standard InChI is InChI=1S/C13H23N3O4/c1-8-4-3-5-9(2)16(8)14-13(20)15-7-10(17)6-11(15)12(18)19/h8-11,17H,3-7H2,1-2H3,(H,14,20)(H,18,19)/t8?,9?,10-,11+/m1/s1. The Morgan fingerprint density at radius 2 is 1.80 bits per heavy atom. The highest BCUT2D eigenvalue weighted by Gasteiger charge is 2.40. The Bertz CT molecular complexity index is 380. The van der Waals surface area contributed by atoms with Gasteiger partial charge in [0.1, 0.15) is 6.04 Å². The van der Waals surface area contributed by atoms with Crippen molar-refractivity contribution in [3.05, 3.63) is 0 Å². The first-order valence-electron chi connectivity index (χ1n) is 7.16. The second-order valence-corrected chi connectivity index (χ2v) is 5.85. The largest absolute Gasteiger partial charge is 0.480 e. The topological polar surface area (TPSA) is 93.1 Å². The van der Waals surface area contributed by atoms with E-state index in [4.69, 9.17) is 5.11 Å². The molecule has 2 fully saturated rings. The van der Waals surface area contributed by atoms with Gasteiger partial charge in [-0.05, 0) is 26.7 Å². The lowest BCUT2D eigenvalue weighted by Gasteiger charge is -2.39. The Hall–Kier alpha value is -1.34. The van der Waals surface area contributed by atoms with Gasteiger partial charge < -0.3 is 15.1 Å². The molecular weight excluding hydrogens is 262 g/mol. The maximum Gasteiger partial charge on any atom is 0.332 e. The lowest BCUT2D eigenvalue weighted by Crippen LogP contribution is -2.58. The summed E-state index contributed by atoms with van der Waals surface area (Å²) >= 11 is 0. The van der Waals surface area contributed by atoms with Crippen LogP contribution >= 0.6 is 0 Å². The van der Waals surface area contributed by atoms with Crippen molar-refractivity contribution in [2.45, 2.75) is 63.8 Å². The number of carboxylic acids is 1. The van der Waals surface area contributed by atoms with Crippen LogP contribution in [0.4, 0.5) is 4.79 Å². The molecule has 0 aromatic heterocycles. The number of rotatable bonds is 2. The number of piperidine rings is 1. The molecule has 0 aromatic rings. The van der Waals surface area contributed by atoms with Crippen LogP contribution in [0.1, 0.15) is 39.5 Å². The summed E-state index contributed by atoms with van der Waals surface area (Å²) in [5.74, 6) is -1.07. The average Bonchev–Trinajstić information content (AvgIpc) is 2.76. The van der Waals surface area contributed by atoms with Crippen molar-refractivity contribution in [1.82, 2.24) is 15.3 Å². The number of hydrogen-bond acceptors (Lipinski definition) is 4. The van der Waals surface area contributed by atoms with Crippen molar-refractivity contribution in [1.29, 1.82) is 0 Å².